The Hall–Kier alpha value is -1.62. The number of ketones is 1. The van der Waals surface area contributed by atoms with Gasteiger partial charge in [-0.2, -0.15) is 0 Å². The van der Waals surface area contributed by atoms with E-state index in [4.69, 9.17) is 23.2 Å². The van der Waals surface area contributed by atoms with E-state index in [0.717, 1.165) is 26.6 Å². The Morgan fingerprint density at radius 1 is 1.21 bits per heavy atom. The van der Waals surface area contributed by atoms with Gasteiger partial charge in [0.1, 0.15) is 11.3 Å². The largest absolute Gasteiger partial charge is 0.330 e. The van der Waals surface area contributed by atoms with Gasteiger partial charge in [0, 0.05) is 12.3 Å². The molecule has 1 heterocycles. The molecule has 0 bridgehead atoms. The molecule has 0 aliphatic rings. The highest BCUT2D eigenvalue weighted by molar-refractivity contribution is 7.22. The highest BCUT2D eigenvalue weighted by Gasteiger charge is 2.12. The molecule has 0 saturated carbocycles. The lowest BCUT2D eigenvalue weighted by Gasteiger charge is -2.08. The summed E-state index contributed by atoms with van der Waals surface area (Å²) >= 11 is 14.0. The number of carbonyl (C=O) groups is 1. The highest BCUT2D eigenvalue weighted by Crippen LogP contribution is 2.34. The number of nitrogens with one attached hydrogen (secondary N) is 1. The van der Waals surface area contributed by atoms with Gasteiger partial charge in [-0.05, 0) is 29.8 Å². The van der Waals surface area contributed by atoms with E-state index in [0.29, 0.717) is 16.5 Å². The second-order valence-electron chi connectivity index (χ2n) is 5.84. The monoisotopic (exact) mass is 378 g/mol. The van der Waals surface area contributed by atoms with Crippen molar-refractivity contribution in [2.75, 3.05) is 5.32 Å². The normalized spacial score (nSPS) is 11.2. The third-order valence-electron chi connectivity index (χ3n) is 3.67. The number of benzene rings is 2. The Bertz CT molecular complexity index is 905. The second-order valence-corrected chi connectivity index (χ2v) is 7.69. The number of para-hydroxylation sites is 1. The standard InChI is InChI=1S/C18H16Cl2N2OS/c1-10(2)15(23)9-11-6-7-14(13(20)8-11)21-18-22-17-12(19)4-3-5-16(17)24-18/h3-8,10H,9H2,1-2H3,(H,21,22). The van der Waals surface area contributed by atoms with E-state index in [1.807, 2.05) is 50.2 Å². The number of halogens is 2. The molecule has 0 fully saturated rings. The fourth-order valence-corrected chi connectivity index (χ4v) is 3.69. The van der Waals surface area contributed by atoms with Gasteiger partial charge in [-0.3, -0.25) is 4.79 Å². The molecule has 0 amide bonds. The van der Waals surface area contributed by atoms with Crippen LogP contribution in [0.25, 0.3) is 10.2 Å². The highest BCUT2D eigenvalue weighted by atomic mass is 35.5. The van der Waals surface area contributed by atoms with E-state index in [-0.39, 0.29) is 11.7 Å². The van der Waals surface area contributed by atoms with E-state index in [1.54, 1.807) is 0 Å². The van der Waals surface area contributed by atoms with Crippen LogP contribution >= 0.6 is 34.5 Å². The Balaban J connectivity index is 1.82. The summed E-state index contributed by atoms with van der Waals surface area (Å²) in [4.78, 5) is 16.4. The summed E-state index contributed by atoms with van der Waals surface area (Å²) < 4.78 is 1.01. The maximum absolute atomic E-state index is 11.9. The first kappa shape index (κ1) is 17.2. The molecule has 3 rings (SSSR count). The molecule has 0 radical (unpaired) electrons. The van der Waals surface area contributed by atoms with Crippen molar-refractivity contribution in [1.82, 2.24) is 4.98 Å². The van der Waals surface area contributed by atoms with E-state index < -0.39 is 0 Å². The minimum Gasteiger partial charge on any atom is -0.330 e. The lowest BCUT2D eigenvalue weighted by Crippen LogP contribution is -2.10. The van der Waals surface area contributed by atoms with Crippen LogP contribution in [-0.2, 0) is 11.2 Å². The number of thiazole rings is 1. The molecule has 6 heteroatoms. The molecule has 3 nitrogen and oxygen atoms in total. The third-order valence-corrected chi connectivity index (χ3v) is 5.22. The molecule has 124 valence electrons. The van der Waals surface area contributed by atoms with Gasteiger partial charge in [0.2, 0.25) is 0 Å². The minimum atomic E-state index is 0.0223. The summed E-state index contributed by atoms with van der Waals surface area (Å²) in [7, 11) is 0. The number of aromatic nitrogens is 1. The predicted molar refractivity (Wildman–Crippen MR) is 103 cm³/mol. The molecular weight excluding hydrogens is 363 g/mol. The van der Waals surface area contributed by atoms with E-state index in [1.165, 1.54) is 11.3 Å². The van der Waals surface area contributed by atoms with Gasteiger partial charge >= 0.3 is 0 Å². The van der Waals surface area contributed by atoms with Crippen molar-refractivity contribution in [1.29, 1.82) is 0 Å². The number of hydrogen-bond donors (Lipinski definition) is 1. The van der Waals surface area contributed by atoms with E-state index >= 15 is 0 Å². The van der Waals surface area contributed by atoms with Crippen LogP contribution in [0.5, 0.6) is 0 Å². The first-order chi connectivity index (χ1) is 11.4. The Labute approximate surface area is 154 Å². The van der Waals surface area contributed by atoms with Gasteiger partial charge in [0.05, 0.1) is 20.4 Å². The maximum Gasteiger partial charge on any atom is 0.188 e. The number of hydrogen-bond acceptors (Lipinski definition) is 4. The van der Waals surface area contributed by atoms with Crippen molar-refractivity contribution < 1.29 is 4.79 Å². The molecule has 1 aromatic heterocycles. The molecule has 0 atom stereocenters. The summed E-state index contributed by atoms with van der Waals surface area (Å²) in [6.07, 6.45) is 0.397. The zero-order valence-corrected chi connectivity index (χ0v) is 15.6. The molecule has 0 aliphatic heterocycles. The van der Waals surface area contributed by atoms with Crippen LogP contribution in [0.3, 0.4) is 0 Å². The average molecular weight is 379 g/mol. The van der Waals surface area contributed by atoms with Crippen molar-refractivity contribution in [3.8, 4) is 0 Å². The Morgan fingerprint density at radius 3 is 2.67 bits per heavy atom. The van der Waals surface area contributed by atoms with Crippen LogP contribution in [0, 0.1) is 5.92 Å². The van der Waals surface area contributed by atoms with E-state index in [2.05, 4.69) is 10.3 Å². The van der Waals surface area contributed by atoms with Crippen molar-refractivity contribution in [2.24, 2.45) is 5.92 Å². The van der Waals surface area contributed by atoms with Crippen molar-refractivity contribution in [3.05, 3.63) is 52.0 Å². The van der Waals surface area contributed by atoms with Gasteiger partial charge in [-0.15, -0.1) is 0 Å². The zero-order valence-electron chi connectivity index (χ0n) is 13.3. The fraction of sp³-hybridized carbons (Fsp3) is 0.222. The summed E-state index contributed by atoms with van der Waals surface area (Å²) in [5.74, 6) is 0.224. The maximum atomic E-state index is 11.9. The van der Waals surface area contributed by atoms with Gasteiger partial charge in [-0.25, -0.2) is 4.98 Å². The van der Waals surface area contributed by atoms with Crippen LogP contribution in [0.2, 0.25) is 10.0 Å². The molecule has 0 aliphatic carbocycles. The predicted octanol–water partition coefficient (Wildman–Crippen LogP) is 6.11. The number of rotatable bonds is 5. The molecule has 0 unspecified atom stereocenters. The van der Waals surface area contributed by atoms with Crippen molar-refractivity contribution >= 4 is 61.4 Å². The summed E-state index contributed by atoms with van der Waals surface area (Å²) in [5, 5.41) is 5.15. The molecule has 3 aromatic rings. The average Bonchev–Trinajstić information content (AvgIpc) is 2.94. The number of nitrogens with zero attached hydrogens (tertiary/aromatic N) is 1. The summed E-state index contributed by atoms with van der Waals surface area (Å²) in [6, 6.07) is 11.3. The Kier molecular flexibility index (Phi) is 5.09. The van der Waals surface area contributed by atoms with Gasteiger partial charge in [0.15, 0.2) is 5.13 Å². The molecule has 2 aromatic carbocycles. The first-order valence-electron chi connectivity index (χ1n) is 7.57. The quantitative estimate of drug-likeness (QED) is 0.581. The van der Waals surface area contributed by atoms with Gasteiger partial charge in [-0.1, -0.05) is 60.5 Å². The number of Topliss-reactive ketones (excluding diaryl/α,β-unsaturated/α-hetero) is 1. The van der Waals surface area contributed by atoms with Crippen LogP contribution in [-0.4, -0.2) is 10.8 Å². The zero-order chi connectivity index (χ0) is 17.3. The smallest absolute Gasteiger partial charge is 0.188 e. The lowest BCUT2D eigenvalue weighted by atomic mass is 10.0. The van der Waals surface area contributed by atoms with Crippen molar-refractivity contribution in [3.63, 3.8) is 0 Å². The fourth-order valence-electron chi connectivity index (χ4n) is 2.26. The summed E-state index contributed by atoms with van der Waals surface area (Å²) in [5.41, 5.74) is 2.45. The number of fused-ring (bicyclic) bond motifs is 1. The van der Waals surface area contributed by atoms with Gasteiger partial charge in [0.25, 0.3) is 0 Å². The molecular formula is C18H16Cl2N2OS. The van der Waals surface area contributed by atoms with Gasteiger partial charge < -0.3 is 5.32 Å². The number of anilines is 2. The molecule has 1 N–H and O–H groups in total. The Morgan fingerprint density at radius 2 is 2.00 bits per heavy atom. The van der Waals surface area contributed by atoms with E-state index in [9.17, 15) is 4.79 Å². The van der Waals surface area contributed by atoms with Crippen LogP contribution in [0.1, 0.15) is 19.4 Å². The molecule has 0 spiro atoms. The number of carbonyl (C=O) groups excluding carboxylic acids is 1. The second kappa shape index (κ2) is 7.09. The third kappa shape index (κ3) is 3.72. The SMILES string of the molecule is CC(C)C(=O)Cc1ccc(Nc2nc3c(Cl)cccc3s2)c(Cl)c1. The minimum absolute atomic E-state index is 0.0223. The van der Waals surface area contributed by atoms with Crippen LogP contribution in [0.15, 0.2) is 36.4 Å². The van der Waals surface area contributed by atoms with Crippen molar-refractivity contribution in [2.45, 2.75) is 20.3 Å². The van der Waals surface area contributed by atoms with Crippen LogP contribution < -0.4 is 5.32 Å². The lowest BCUT2D eigenvalue weighted by molar-refractivity contribution is -0.121. The molecule has 24 heavy (non-hydrogen) atoms. The topological polar surface area (TPSA) is 42.0 Å². The first-order valence-corrected chi connectivity index (χ1v) is 9.14. The van der Waals surface area contributed by atoms with Crippen LogP contribution in [0.4, 0.5) is 10.8 Å². The summed E-state index contributed by atoms with van der Waals surface area (Å²) in [6.45, 7) is 3.80. The molecule has 0 saturated heterocycles.